The van der Waals surface area contributed by atoms with Crippen molar-refractivity contribution in [2.75, 3.05) is 12.5 Å². The van der Waals surface area contributed by atoms with Crippen LogP contribution in [-0.2, 0) is 0 Å². The Bertz CT molecular complexity index is 785. The number of nitrogens with one attached hydrogen (secondary N) is 1. The van der Waals surface area contributed by atoms with Crippen molar-refractivity contribution in [2.45, 2.75) is 6.92 Å². The second kappa shape index (κ2) is 7.47. The number of hydrazone groups is 1. The van der Waals surface area contributed by atoms with Crippen LogP contribution < -0.4 is 10.2 Å². The van der Waals surface area contributed by atoms with Crippen molar-refractivity contribution in [2.24, 2.45) is 5.10 Å². The summed E-state index contributed by atoms with van der Waals surface area (Å²) in [5.74, 6) is 0.768. The van der Waals surface area contributed by atoms with Gasteiger partial charge in [-0.3, -0.25) is 5.43 Å². The van der Waals surface area contributed by atoms with Crippen molar-refractivity contribution >= 4 is 11.4 Å². The fraction of sp³-hybridized carbons (Fsp3) is 0.0952. The number of anilines is 1. The molecule has 0 aliphatic rings. The number of rotatable bonds is 5. The van der Waals surface area contributed by atoms with Gasteiger partial charge in [-0.2, -0.15) is 5.10 Å². The molecule has 3 rings (SSSR count). The summed E-state index contributed by atoms with van der Waals surface area (Å²) in [6.45, 7) is 2.05. The molecule has 3 heteroatoms. The first-order chi connectivity index (χ1) is 11.8. The average molecular weight is 316 g/mol. The lowest BCUT2D eigenvalue weighted by Gasteiger charge is -2.11. The fourth-order valence-corrected chi connectivity index (χ4v) is 2.51. The highest BCUT2D eigenvalue weighted by molar-refractivity contribution is 6.13. The van der Waals surface area contributed by atoms with E-state index >= 15 is 0 Å². The minimum absolute atomic E-state index is 0.768. The minimum atomic E-state index is 0.768. The van der Waals surface area contributed by atoms with E-state index in [1.807, 2.05) is 61.5 Å². The minimum Gasteiger partial charge on any atom is -0.495 e. The monoisotopic (exact) mass is 316 g/mol. The first-order valence-corrected chi connectivity index (χ1v) is 7.87. The van der Waals surface area contributed by atoms with Gasteiger partial charge in [-0.1, -0.05) is 66.7 Å². The predicted molar refractivity (Wildman–Crippen MR) is 99.9 cm³/mol. The van der Waals surface area contributed by atoms with Gasteiger partial charge in [-0.25, -0.2) is 0 Å². The van der Waals surface area contributed by atoms with Crippen LogP contribution in [0.2, 0.25) is 0 Å². The molecule has 0 aliphatic heterocycles. The molecule has 3 aromatic rings. The smallest absolute Gasteiger partial charge is 0.143 e. The number of hydrogen-bond donors (Lipinski definition) is 1. The highest BCUT2D eigenvalue weighted by Crippen LogP contribution is 2.25. The molecule has 0 amide bonds. The van der Waals surface area contributed by atoms with Crippen LogP contribution >= 0.6 is 0 Å². The molecule has 3 nitrogen and oxygen atoms in total. The Morgan fingerprint density at radius 2 is 1.42 bits per heavy atom. The normalized spacial score (nSPS) is 10.1. The Balaban J connectivity index is 2.01. The first-order valence-electron chi connectivity index (χ1n) is 7.87. The maximum Gasteiger partial charge on any atom is 0.143 e. The van der Waals surface area contributed by atoms with E-state index < -0.39 is 0 Å². The number of hydrogen-bond acceptors (Lipinski definition) is 3. The molecule has 0 bridgehead atoms. The molecule has 0 aliphatic carbocycles. The summed E-state index contributed by atoms with van der Waals surface area (Å²) in [6.07, 6.45) is 0. The van der Waals surface area contributed by atoms with Crippen molar-refractivity contribution < 1.29 is 4.74 Å². The summed E-state index contributed by atoms with van der Waals surface area (Å²) in [4.78, 5) is 0. The Kier molecular flexibility index (Phi) is 4.92. The third kappa shape index (κ3) is 3.63. The molecular weight excluding hydrogens is 296 g/mol. The first kappa shape index (κ1) is 15.8. The van der Waals surface area contributed by atoms with Crippen molar-refractivity contribution in [1.82, 2.24) is 0 Å². The number of ether oxygens (including phenoxy) is 1. The Morgan fingerprint density at radius 1 is 0.833 bits per heavy atom. The predicted octanol–water partition coefficient (Wildman–Crippen LogP) is 4.87. The van der Waals surface area contributed by atoms with Gasteiger partial charge < -0.3 is 4.74 Å². The summed E-state index contributed by atoms with van der Waals surface area (Å²) in [5, 5.41) is 4.67. The number of aryl methyl sites for hydroxylation is 1. The molecule has 0 aromatic heterocycles. The van der Waals surface area contributed by atoms with Crippen LogP contribution in [0.5, 0.6) is 5.75 Å². The van der Waals surface area contributed by atoms with Crippen LogP contribution in [0, 0.1) is 6.92 Å². The lowest BCUT2D eigenvalue weighted by atomic mass is 10.0. The quantitative estimate of drug-likeness (QED) is 0.538. The second-order valence-electron chi connectivity index (χ2n) is 5.51. The Hall–Kier alpha value is -3.07. The van der Waals surface area contributed by atoms with Crippen molar-refractivity contribution in [3.63, 3.8) is 0 Å². The van der Waals surface area contributed by atoms with Gasteiger partial charge in [-0.05, 0) is 24.6 Å². The van der Waals surface area contributed by atoms with Crippen molar-refractivity contribution in [3.05, 3.63) is 95.6 Å². The van der Waals surface area contributed by atoms with Crippen LogP contribution in [-0.4, -0.2) is 12.8 Å². The maximum absolute atomic E-state index is 5.41. The average Bonchev–Trinajstić information content (AvgIpc) is 2.64. The largest absolute Gasteiger partial charge is 0.495 e. The van der Waals surface area contributed by atoms with Crippen LogP contribution in [0.25, 0.3) is 0 Å². The summed E-state index contributed by atoms with van der Waals surface area (Å²) in [5.41, 5.74) is 8.17. The second-order valence-corrected chi connectivity index (χ2v) is 5.51. The van der Waals surface area contributed by atoms with Gasteiger partial charge in [-0.15, -0.1) is 0 Å². The molecule has 1 N–H and O–H groups in total. The Morgan fingerprint density at radius 3 is 1.96 bits per heavy atom. The van der Waals surface area contributed by atoms with Gasteiger partial charge in [0.15, 0.2) is 0 Å². The van der Waals surface area contributed by atoms with E-state index in [-0.39, 0.29) is 0 Å². The highest BCUT2D eigenvalue weighted by Gasteiger charge is 2.08. The third-order valence-electron chi connectivity index (χ3n) is 3.74. The van der Waals surface area contributed by atoms with Gasteiger partial charge in [0.2, 0.25) is 0 Å². The molecule has 120 valence electrons. The molecular formula is C21H20N2O. The summed E-state index contributed by atoms with van der Waals surface area (Å²) < 4.78 is 5.41. The molecule has 0 atom stereocenters. The molecule has 0 saturated heterocycles. The molecule has 0 spiro atoms. The zero-order valence-corrected chi connectivity index (χ0v) is 13.9. The van der Waals surface area contributed by atoms with Crippen LogP contribution in [0.1, 0.15) is 16.7 Å². The fourth-order valence-electron chi connectivity index (χ4n) is 2.51. The SMILES string of the molecule is COc1ccc(C)cc1NN=C(c1ccccc1)c1ccccc1. The highest BCUT2D eigenvalue weighted by atomic mass is 16.5. The molecule has 24 heavy (non-hydrogen) atoms. The lowest BCUT2D eigenvalue weighted by molar-refractivity contribution is 0.416. The van der Waals surface area contributed by atoms with Crippen molar-refractivity contribution in [3.8, 4) is 5.75 Å². The zero-order valence-electron chi connectivity index (χ0n) is 13.9. The van der Waals surface area contributed by atoms with Crippen LogP contribution in [0.3, 0.4) is 0 Å². The molecule has 0 fully saturated rings. The van der Waals surface area contributed by atoms with Gasteiger partial charge in [0.1, 0.15) is 5.75 Å². The molecule has 0 radical (unpaired) electrons. The van der Waals surface area contributed by atoms with Crippen LogP contribution in [0.4, 0.5) is 5.69 Å². The van der Waals surface area contributed by atoms with E-state index in [0.717, 1.165) is 33.8 Å². The van der Waals surface area contributed by atoms with E-state index in [2.05, 4.69) is 34.8 Å². The van der Waals surface area contributed by atoms with Crippen molar-refractivity contribution in [1.29, 1.82) is 0 Å². The molecule has 3 aromatic carbocycles. The summed E-state index contributed by atoms with van der Waals surface area (Å²) in [6, 6.07) is 26.3. The lowest BCUT2D eigenvalue weighted by Crippen LogP contribution is -2.07. The number of nitrogens with zero attached hydrogens (tertiary/aromatic N) is 1. The van der Waals surface area contributed by atoms with E-state index in [1.54, 1.807) is 7.11 Å². The maximum atomic E-state index is 5.41. The third-order valence-corrected chi connectivity index (χ3v) is 3.74. The molecule has 0 heterocycles. The molecule has 0 saturated carbocycles. The van der Waals surface area contributed by atoms with Gasteiger partial charge in [0, 0.05) is 11.1 Å². The topological polar surface area (TPSA) is 33.6 Å². The van der Waals surface area contributed by atoms with Crippen LogP contribution in [0.15, 0.2) is 84.0 Å². The van der Waals surface area contributed by atoms with Gasteiger partial charge in [0.05, 0.1) is 18.5 Å². The van der Waals surface area contributed by atoms with E-state index in [0.29, 0.717) is 0 Å². The standard InChI is InChI=1S/C21H20N2O/c1-16-13-14-20(24-2)19(15-16)22-23-21(17-9-5-3-6-10-17)18-11-7-4-8-12-18/h3-15,22H,1-2H3. The Labute approximate surface area is 142 Å². The summed E-state index contributed by atoms with van der Waals surface area (Å²) in [7, 11) is 1.66. The number of benzene rings is 3. The number of methoxy groups -OCH3 is 1. The van der Waals surface area contributed by atoms with Gasteiger partial charge in [0.25, 0.3) is 0 Å². The van der Waals surface area contributed by atoms with E-state index in [1.165, 1.54) is 0 Å². The molecule has 0 unspecified atom stereocenters. The van der Waals surface area contributed by atoms with E-state index in [9.17, 15) is 0 Å². The summed E-state index contributed by atoms with van der Waals surface area (Å²) >= 11 is 0. The van der Waals surface area contributed by atoms with Gasteiger partial charge >= 0.3 is 0 Å². The van der Waals surface area contributed by atoms with E-state index in [4.69, 9.17) is 4.74 Å². The zero-order chi connectivity index (χ0) is 16.8.